The summed E-state index contributed by atoms with van der Waals surface area (Å²) in [6.45, 7) is 6.97. The zero-order chi connectivity index (χ0) is 22.8. The van der Waals surface area contributed by atoms with Gasteiger partial charge in [0, 0.05) is 37.3 Å². The van der Waals surface area contributed by atoms with Gasteiger partial charge < -0.3 is 24.9 Å². The maximum Gasteiger partial charge on any atom is 0.269 e. The second kappa shape index (κ2) is 9.52. The number of anilines is 1. The van der Waals surface area contributed by atoms with Crippen molar-refractivity contribution in [2.24, 2.45) is 11.7 Å². The highest BCUT2D eigenvalue weighted by Gasteiger charge is 2.25. The van der Waals surface area contributed by atoms with E-state index in [1.54, 1.807) is 6.07 Å². The highest BCUT2D eigenvalue weighted by molar-refractivity contribution is 7.13. The summed E-state index contributed by atoms with van der Waals surface area (Å²) in [5.74, 6) is 0.600. The topological polar surface area (TPSA) is 95.9 Å². The van der Waals surface area contributed by atoms with E-state index < -0.39 is 5.91 Å². The molecular weight excluding hydrogens is 438 g/mol. The van der Waals surface area contributed by atoms with Crippen LogP contribution >= 0.6 is 11.5 Å². The van der Waals surface area contributed by atoms with Crippen LogP contribution in [-0.2, 0) is 0 Å². The van der Waals surface area contributed by atoms with Gasteiger partial charge in [-0.15, -0.1) is 0 Å². The number of primary amides is 1. The van der Waals surface area contributed by atoms with Gasteiger partial charge in [0.15, 0.2) is 0 Å². The van der Waals surface area contributed by atoms with Gasteiger partial charge in [-0.1, -0.05) is 0 Å². The number of carbonyl (C=O) groups excluding carboxylic acids is 2. The molecule has 2 bridgehead atoms. The van der Waals surface area contributed by atoms with E-state index in [2.05, 4.69) is 14.2 Å². The molecule has 0 atom stereocenters. The molecule has 2 N–H and O–H groups in total. The fourth-order valence-corrected chi connectivity index (χ4v) is 5.72. The molecule has 33 heavy (non-hydrogen) atoms. The molecule has 4 fully saturated rings. The molecule has 1 aromatic carbocycles. The first-order chi connectivity index (χ1) is 16.1. The summed E-state index contributed by atoms with van der Waals surface area (Å²) < 4.78 is 10.0. The zero-order valence-corrected chi connectivity index (χ0v) is 19.4. The Morgan fingerprint density at radius 1 is 1.00 bits per heavy atom. The molecule has 0 saturated carbocycles. The summed E-state index contributed by atoms with van der Waals surface area (Å²) in [5.41, 5.74) is 7.30. The van der Waals surface area contributed by atoms with Crippen molar-refractivity contribution in [2.75, 3.05) is 50.7 Å². The van der Waals surface area contributed by atoms with Gasteiger partial charge in [0.25, 0.3) is 11.8 Å². The largest absolute Gasteiger partial charge is 0.472 e. The molecular formula is C24H29N5O3S. The summed E-state index contributed by atoms with van der Waals surface area (Å²) in [6.07, 6.45) is 7.44. The number of fused-ring (bicyclic) bond motifs is 4. The van der Waals surface area contributed by atoms with E-state index in [4.69, 9.17) is 10.2 Å². The lowest BCUT2D eigenvalue weighted by molar-refractivity contribution is 0.0746. The fourth-order valence-electron chi connectivity index (χ4n) is 4.90. The lowest BCUT2D eigenvalue weighted by atomic mass is 9.89. The second-order valence-corrected chi connectivity index (χ2v) is 9.75. The smallest absolute Gasteiger partial charge is 0.269 e. The number of nitrogens with two attached hydrogens (primary N) is 1. The molecule has 4 saturated heterocycles. The van der Waals surface area contributed by atoms with Gasteiger partial charge in [0.05, 0.1) is 16.5 Å². The van der Waals surface area contributed by atoms with Crippen LogP contribution in [0.25, 0.3) is 10.1 Å². The van der Waals surface area contributed by atoms with Gasteiger partial charge in [-0.3, -0.25) is 9.59 Å². The molecule has 2 amide bonds. The van der Waals surface area contributed by atoms with Crippen molar-refractivity contribution in [1.82, 2.24) is 14.2 Å². The van der Waals surface area contributed by atoms with Crippen molar-refractivity contribution >= 4 is 39.1 Å². The number of amides is 2. The number of hydrogen-bond donors (Lipinski definition) is 1. The van der Waals surface area contributed by atoms with E-state index in [-0.39, 0.29) is 5.91 Å². The van der Waals surface area contributed by atoms with Crippen molar-refractivity contribution in [3.63, 3.8) is 0 Å². The highest BCUT2D eigenvalue weighted by atomic mass is 32.1. The molecule has 3 aromatic rings. The van der Waals surface area contributed by atoms with Crippen LogP contribution in [0.3, 0.4) is 0 Å². The Morgan fingerprint density at radius 3 is 2.27 bits per heavy atom. The van der Waals surface area contributed by atoms with Crippen molar-refractivity contribution in [3.05, 3.63) is 48.0 Å². The van der Waals surface area contributed by atoms with Crippen LogP contribution in [0.1, 0.15) is 40.1 Å². The summed E-state index contributed by atoms with van der Waals surface area (Å²) in [5, 5.41) is 0.787. The van der Waals surface area contributed by atoms with Crippen molar-refractivity contribution in [2.45, 2.75) is 19.3 Å². The predicted octanol–water partition coefficient (Wildman–Crippen LogP) is 3.05. The van der Waals surface area contributed by atoms with Crippen molar-refractivity contribution in [1.29, 1.82) is 0 Å². The average Bonchev–Trinajstić information content (AvgIpc) is 3.55. The van der Waals surface area contributed by atoms with Crippen LogP contribution in [0.2, 0.25) is 0 Å². The Labute approximate surface area is 197 Å². The third-order valence-electron chi connectivity index (χ3n) is 6.95. The molecule has 7 rings (SSSR count). The van der Waals surface area contributed by atoms with Crippen LogP contribution in [0.4, 0.5) is 5.69 Å². The predicted molar refractivity (Wildman–Crippen MR) is 129 cm³/mol. The number of rotatable bonds is 3. The Morgan fingerprint density at radius 2 is 1.73 bits per heavy atom. The first-order valence-corrected chi connectivity index (χ1v) is 12.3. The standard InChI is InChI=1S/C17H16N4O3S.C7H13N/c18-16(22)15-13-2-1-12(9-14(13)25-19-15)20-4-6-21(7-5-20)17(23)11-3-8-24-10-11;1-4-8-5-2-7(1)3-6-8/h1-3,8-10H,4-7H2,(H2,18,22);7H,1-6H2. The third-order valence-corrected chi connectivity index (χ3v) is 7.76. The number of piperidine rings is 3. The number of furan rings is 1. The molecule has 8 nitrogen and oxygen atoms in total. The molecule has 0 radical (unpaired) electrons. The molecule has 9 heteroatoms. The van der Waals surface area contributed by atoms with Crippen LogP contribution in [-0.4, -0.2) is 71.8 Å². The number of carbonyl (C=O) groups is 2. The maximum atomic E-state index is 12.3. The van der Waals surface area contributed by atoms with Crippen LogP contribution in [0.15, 0.2) is 41.2 Å². The lowest BCUT2D eigenvalue weighted by Crippen LogP contribution is -2.48. The Kier molecular flexibility index (Phi) is 6.32. The highest BCUT2D eigenvalue weighted by Crippen LogP contribution is 2.28. The van der Waals surface area contributed by atoms with E-state index in [9.17, 15) is 9.59 Å². The molecule has 0 spiro atoms. The summed E-state index contributed by atoms with van der Waals surface area (Å²) >= 11 is 1.27. The van der Waals surface area contributed by atoms with E-state index >= 15 is 0 Å². The van der Waals surface area contributed by atoms with Crippen LogP contribution < -0.4 is 10.6 Å². The molecule has 0 unspecified atom stereocenters. The number of aromatic nitrogens is 1. The summed E-state index contributed by atoms with van der Waals surface area (Å²) in [7, 11) is 0. The normalized spacial score (nSPS) is 22.2. The Bertz CT molecular complexity index is 1090. The maximum absolute atomic E-state index is 12.3. The van der Waals surface area contributed by atoms with Crippen molar-refractivity contribution in [3.8, 4) is 0 Å². The fraction of sp³-hybridized carbons (Fsp3) is 0.458. The first-order valence-electron chi connectivity index (χ1n) is 11.6. The first kappa shape index (κ1) is 21.9. The molecule has 174 valence electrons. The minimum absolute atomic E-state index is 0.00240. The van der Waals surface area contributed by atoms with Crippen LogP contribution in [0.5, 0.6) is 0 Å². The minimum atomic E-state index is -0.509. The van der Waals surface area contributed by atoms with Crippen molar-refractivity contribution < 1.29 is 14.0 Å². The Hall–Kier alpha value is -2.91. The van der Waals surface area contributed by atoms with Crippen LogP contribution in [0, 0.1) is 5.92 Å². The molecule has 6 heterocycles. The average molecular weight is 468 g/mol. The number of hydrogen-bond acceptors (Lipinski definition) is 7. The van der Waals surface area contributed by atoms with Gasteiger partial charge in [-0.25, -0.2) is 0 Å². The summed E-state index contributed by atoms with van der Waals surface area (Å²) in [4.78, 5) is 30.4. The number of piperazine rings is 1. The molecule has 4 aliphatic rings. The Balaban J connectivity index is 0.000000238. The number of nitrogens with zero attached hydrogens (tertiary/aromatic N) is 4. The molecule has 0 aliphatic carbocycles. The van der Waals surface area contributed by atoms with E-state index in [0.717, 1.165) is 34.8 Å². The second-order valence-electron chi connectivity index (χ2n) is 8.94. The SMILES string of the molecule is C1CN2CCC1CC2.NC(=O)c1nsc2cc(N3CCN(C(=O)c4ccoc4)CC3)ccc12. The van der Waals surface area contributed by atoms with E-state index in [0.29, 0.717) is 24.3 Å². The molecule has 4 aliphatic heterocycles. The summed E-state index contributed by atoms with van der Waals surface area (Å²) in [6, 6.07) is 7.56. The third kappa shape index (κ3) is 4.74. The van der Waals surface area contributed by atoms with E-state index in [1.165, 1.54) is 63.0 Å². The zero-order valence-electron chi connectivity index (χ0n) is 18.6. The van der Waals surface area contributed by atoms with Gasteiger partial charge >= 0.3 is 0 Å². The van der Waals surface area contributed by atoms with Gasteiger partial charge in [-0.2, -0.15) is 4.37 Å². The lowest BCUT2D eigenvalue weighted by Gasteiger charge is -2.38. The minimum Gasteiger partial charge on any atom is -0.472 e. The van der Waals surface area contributed by atoms with Gasteiger partial charge in [0.2, 0.25) is 0 Å². The van der Waals surface area contributed by atoms with E-state index in [1.807, 2.05) is 23.1 Å². The number of benzene rings is 1. The quantitative estimate of drug-likeness (QED) is 0.636. The monoisotopic (exact) mass is 467 g/mol. The van der Waals surface area contributed by atoms with Gasteiger partial charge in [0.1, 0.15) is 12.0 Å². The molecule has 2 aromatic heterocycles. The van der Waals surface area contributed by atoms with Gasteiger partial charge in [-0.05, 0) is 80.6 Å².